The third-order valence-electron chi connectivity index (χ3n) is 7.30. The number of amides is 1. The number of pyridine rings is 1. The quantitative estimate of drug-likeness (QED) is 0.651. The molecule has 2 aromatic rings. The highest BCUT2D eigenvalue weighted by Crippen LogP contribution is 2.54. The Morgan fingerprint density at radius 3 is 2.94 bits per heavy atom. The molecule has 33 heavy (non-hydrogen) atoms. The first kappa shape index (κ1) is 21.7. The summed E-state index contributed by atoms with van der Waals surface area (Å²) < 4.78 is 5.63. The van der Waals surface area contributed by atoms with Crippen molar-refractivity contribution in [2.24, 2.45) is 5.41 Å². The fourth-order valence-electron chi connectivity index (χ4n) is 5.24. The van der Waals surface area contributed by atoms with Gasteiger partial charge in [0.15, 0.2) is 0 Å². The number of ether oxygens (including phenoxy) is 1. The van der Waals surface area contributed by atoms with Crippen LogP contribution in [0.15, 0.2) is 30.3 Å². The van der Waals surface area contributed by atoms with Gasteiger partial charge in [-0.1, -0.05) is 25.1 Å². The van der Waals surface area contributed by atoms with Crippen LogP contribution in [-0.4, -0.2) is 30.0 Å². The van der Waals surface area contributed by atoms with E-state index in [0.29, 0.717) is 18.8 Å². The molecule has 2 aliphatic heterocycles. The van der Waals surface area contributed by atoms with Crippen LogP contribution in [0.1, 0.15) is 67.3 Å². The summed E-state index contributed by atoms with van der Waals surface area (Å²) in [4.78, 5) is 34.5. The molecule has 0 saturated heterocycles. The Labute approximate surface area is 194 Å². The maximum Gasteiger partial charge on any atom is 0.331 e. The van der Waals surface area contributed by atoms with Crippen molar-refractivity contribution in [1.29, 1.82) is 0 Å². The van der Waals surface area contributed by atoms with Crippen LogP contribution in [0.5, 0.6) is 5.75 Å². The molecule has 0 bridgehead atoms. The zero-order valence-electron chi connectivity index (χ0n) is 19.1. The van der Waals surface area contributed by atoms with Crippen LogP contribution in [0.4, 0.5) is 5.82 Å². The molecule has 0 unspecified atom stereocenters. The molecular weight excluding hydrogens is 418 g/mol. The average molecular weight is 450 g/mol. The number of anilines is 1. The Morgan fingerprint density at radius 2 is 2.09 bits per heavy atom. The summed E-state index contributed by atoms with van der Waals surface area (Å²) in [5, 5.41) is 3.38. The SMILES string of the molecule is CCC(=O)ONC(=O)C1(CCc2ccc3c(n2)NCCC3)CC(c2ccc3c(c2)CCO3)C1. The summed E-state index contributed by atoms with van der Waals surface area (Å²) >= 11 is 0. The lowest BCUT2D eigenvalue weighted by atomic mass is 9.57. The second kappa shape index (κ2) is 9.04. The molecule has 0 spiro atoms. The summed E-state index contributed by atoms with van der Waals surface area (Å²) in [6.07, 6.45) is 6.16. The van der Waals surface area contributed by atoms with E-state index < -0.39 is 11.4 Å². The molecule has 0 radical (unpaired) electrons. The topological polar surface area (TPSA) is 89.5 Å². The largest absolute Gasteiger partial charge is 0.493 e. The number of nitrogens with one attached hydrogen (secondary N) is 2. The molecule has 2 N–H and O–H groups in total. The van der Waals surface area contributed by atoms with Gasteiger partial charge in [0.2, 0.25) is 0 Å². The number of hydrogen-bond donors (Lipinski definition) is 2. The van der Waals surface area contributed by atoms with E-state index in [4.69, 9.17) is 14.6 Å². The molecule has 1 fully saturated rings. The molecule has 0 atom stereocenters. The first-order valence-electron chi connectivity index (χ1n) is 12.0. The van der Waals surface area contributed by atoms with E-state index in [-0.39, 0.29) is 12.3 Å². The summed E-state index contributed by atoms with van der Waals surface area (Å²) in [6, 6.07) is 10.6. The maximum atomic E-state index is 13.1. The zero-order valence-corrected chi connectivity index (χ0v) is 19.1. The lowest BCUT2D eigenvalue weighted by Gasteiger charge is -2.46. The van der Waals surface area contributed by atoms with Crippen LogP contribution >= 0.6 is 0 Å². The maximum absolute atomic E-state index is 13.1. The zero-order chi connectivity index (χ0) is 22.8. The van der Waals surface area contributed by atoms with Gasteiger partial charge in [0.1, 0.15) is 11.6 Å². The van der Waals surface area contributed by atoms with Crippen LogP contribution in [0.2, 0.25) is 0 Å². The molecule has 1 saturated carbocycles. The molecule has 174 valence electrons. The van der Waals surface area contributed by atoms with Crippen LogP contribution in [0, 0.1) is 5.41 Å². The summed E-state index contributed by atoms with van der Waals surface area (Å²) in [6.45, 7) is 3.39. The predicted molar refractivity (Wildman–Crippen MR) is 124 cm³/mol. The molecule has 7 nitrogen and oxygen atoms in total. The molecule has 1 aliphatic carbocycles. The highest BCUT2D eigenvalue weighted by Gasteiger charge is 2.50. The van der Waals surface area contributed by atoms with Gasteiger partial charge in [-0.25, -0.2) is 9.78 Å². The molecule has 1 aromatic carbocycles. The van der Waals surface area contributed by atoms with E-state index in [2.05, 4.69) is 35.1 Å². The van der Waals surface area contributed by atoms with E-state index in [1.807, 2.05) is 6.07 Å². The molecule has 1 aromatic heterocycles. The van der Waals surface area contributed by atoms with Gasteiger partial charge in [0.25, 0.3) is 5.91 Å². The third kappa shape index (κ3) is 4.41. The minimum atomic E-state index is -0.570. The summed E-state index contributed by atoms with van der Waals surface area (Å²) in [5.41, 5.74) is 6.61. The van der Waals surface area contributed by atoms with E-state index in [0.717, 1.165) is 62.5 Å². The van der Waals surface area contributed by atoms with Gasteiger partial charge in [-0.05, 0) is 73.3 Å². The van der Waals surface area contributed by atoms with E-state index in [9.17, 15) is 9.59 Å². The number of nitrogens with zero attached hydrogens (tertiary/aromatic N) is 1. The second-order valence-corrected chi connectivity index (χ2v) is 9.45. The van der Waals surface area contributed by atoms with Crippen molar-refractivity contribution in [1.82, 2.24) is 10.5 Å². The van der Waals surface area contributed by atoms with Crippen LogP contribution in [-0.2, 0) is 33.7 Å². The van der Waals surface area contributed by atoms with Crippen LogP contribution < -0.4 is 15.5 Å². The van der Waals surface area contributed by atoms with Gasteiger partial charge in [-0.15, -0.1) is 0 Å². The minimum Gasteiger partial charge on any atom is -0.493 e. The minimum absolute atomic E-state index is 0.207. The number of aromatic nitrogens is 1. The fraction of sp³-hybridized carbons (Fsp3) is 0.500. The van der Waals surface area contributed by atoms with Crippen LogP contribution in [0.25, 0.3) is 0 Å². The standard InChI is InChI=1S/C26H31N3O4/c1-2-23(30)33-29-25(31)26(11-9-21-7-5-17-4-3-12-27-24(17)28-21)15-20(16-26)18-6-8-22-19(14-18)10-13-32-22/h5-8,14,20H,2-4,9-13,15-16H2,1H3,(H,27,28)(H,29,31). The Kier molecular flexibility index (Phi) is 5.96. The first-order valence-corrected chi connectivity index (χ1v) is 12.0. The predicted octanol–water partition coefficient (Wildman–Crippen LogP) is 3.86. The van der Waals surface area contributed by atoms with E-state index in [1.54, 1.807) is 6.92 Å². The van der Waals surface area contributed by atoms with Crippen molar-refractivity contribution >= 4 is 17.7 Å². The second-order valence-electron chi connectivity index (χ2n) is 9.45. The Morgan fingerprint density at radius 1 is 1.21 bits per heavy atom. The van der Waals surface area contributed by atoms with Crippen LogP contribution in [0.3, 0.4) is 0 Å². The molecule has 7 heteroatoms. The van der Waals surface area contributed by atoms with Gasteiger partial charge >= 0.3 is 5.97 Å². The lowest BCUT2D eigenvalue weighted by molar-refractivity contribution is -0.165. The highest BCUT2D eigenvalue weighted by atomic mass is 16.7. The molecule has 3 aliphatic rings. The summed E-state index contributed by atoms with van der Waals surface area (Å²) in [5.74, 6) is 1.61. The number of hydrogen-bond acceptors (Lipinski definition) is 6. The number of aryl methyl sites for hydroxylation is 2. The van der Waals surface area contributed by atoms with Crippen molar-refractivity contribution in [3.05, 3.63) is 52.7 Å². The van der Waals surface area contributed by atoms with Gasteiger partial charge in [0.05, 0.1) is 12.0 Å². The third-order valence-corrected chi connectivity index (χ3v) is 7.30. The van der Waals surface area contributed by atoms with Crippen molar-refractivity contribution in [3.8, 4) is 5.75 Å². The van der Waals surface area contributed by atoms with E-state index in [1.165, 1.54) is 16.7 Å². The van der Waals surface area contributed by atoms with Gasteiger partial charge in [-0.3, -0.25) is 4.79 Å². The molecule has 5 rings (SSSR count). The number of carbonyl (C=O) groups excluding carboxylic acids is 2. The number of fused-ring (bicyclic) bond motifs is 2. The van der Waals surface area contributed by atoms with Gasteiger partial charge in [-0.2, -0.15) is 5.48 Å². The van der Waals surface area contributed by atoms with Crippen molar-refractivity contribution in [3.63, 3.8) is 0 Å². The number of hydroxylamine groups is 1. The van der Waals surface area contributed by atoms with Gasteiger partial charge < -0.3 is 14.9 Å². The number of rotatable bonds is 6. The number of benzene rings is 1. The number of carbonyl (C=O) groups is 2. The molecular formula is C26H31N3O4. The Bertz CT molecular complexity index is 1060. The smallest absolute Gasteiger partial charge is 0.331 e. The summed E-state index contributed by atoms with van der Waals surface area (Å²) in [7, 11) is 0. The lowest BCUT2D eigenvalue weighted by Crippen LogP contribution is -2.49. The average Bonchev–Trinajstić information content (AvgIpc) is 3.29. The Hall–Kier alpha value is -3.09. The van der Waals surface area contributed by atoms with Gasteiger partial charge in [0, 0.05) is 25.1 Å². The van der Waals surface area contributed by atoms with Crippen molar-refractivity contribution < 1.29 is 19.2 Å². The fourth-order valence-corrected chi connectivity index (χ4v) is 5.24. The Balaban J connectivity index is 1.29. The van der Waals surface area contributed by atoms with Crippen molar-refractivity contribution in [2.45, 2.75) is 64.2 Å². The van der Waals surface area contributed by atoms with Crippen molar-refractivity contribution in [2.75, 3.05) is 18.5 Å². The normalized spacial score (nSPS) is 22.8. The first-order chi connectivity index (χ1) is 16.1. The monoisotopic (exact) mass is 449 g/mol. The molecule has 1 amide bonds. The van der Waals surface area contributed by atoms with E-state index >= 15 is 0 Å². The molecule has 3 heterocycles. The highest BCUT2D eigenvalue weighted by molar-refractivity contribution is 5.84.